The van der Waals surface area contributed by atoms with Crippen molar-refractivity contribution in [1.82, 2.24) is 10.1 Å². The molecular formula is C27H32N4O5. The van der Waals surface area contributed by atoms with Gasteiger partial charge in [0.15, 0.2) is 11.6 Å². The lowest BCUT2D eigenvalue weighted by molar-refractivity contribution is -0.114. The molecule has 1 aliphatic rings. The second kappa shape index (κ2) is 10.3. The molecule has 1 N–H and O–H groups in total. The van der Waals surface area contributed by atoms with Gasteiger partial charge >= 0.3 is 6.09 Å². The highest BCUT2D eigenvalue weighted by molar-refractivity contribution is 5.89. The number of amides is 2. The van der Waals surface area contributed by atoms with E-state index in [9.17, 15) is 9.59 Å². The fourth-order valence-corrected chi connectivity index (χ4v) is 4.10. The Labute approximate surface area is 211 Å². The number of aromatic nitrogens is 1. The first-order chi connectivity index (χ1) is 17.1. The van der Waals surface area contributed by atoms with E-state index in [1.165, 1.54) is 6.92 Å². The molecule has 0 spiro atoms. The van der Waals surface area contributed by atoms with E-state index in [2.05, 4.69) is 15.4 Å². The topological polar surface area (TPSA) is 97.1 Å². The minimum absolute atomic E-state index is 0.116. The highest BCUT2D eigenvalue weighted by Crippen LogP contribution is 2.40. The second-order valence-corrected chi connectivity index (χ2v) is 9.65. The van der Waals surface area contributed by atoms with E-state index in [0.717, 1.165) is 22.4 Å². The lowest BCUT2D eigenvalue weighted by atomic mass is 10.00. The van der Waals surface area contributed by atoms with Gasteiger partial charge in [-0.1, -0.05) is 29.4 Å². The number of methoxy groups -OCH3 is 1. The highest BCUT2D eigenvalue weighted by atomic mass is 16.6. The van der Waals surface area contributed by atoms with E-state index in [1.807, 2.05) is 69.3 Å². The van der Waals surface area contributed by atoms with Gasteiger partial charge in [-0.05, 0) is 44.5 Å². The molecule has 2 heterocycles. The summed E-state index contributed by atoms with van der Waals surface area (Å²) < 4.78 is 17.0. The third-order valence-electron chi connectivity index (χ3n) is 5.75. The fraction of sp³-hybridized carbons (Fsp3) is 0.370. The van der Waals surface area contributed by atoms with Crippen LogP contribution in [-0.2, 0) is 9.53 Å². The smallest absolute Gasteiger partial charge is 0.410 e. The van der Waals surface area contributed by atoms with Crippen LogP contribution in [0.1, 0.15) is 27.7 Å². The number of carbonyl (C=O) groups excluding carboxylic acids is 2. The number of hydrogen-bond donors (Lipinski definition) is 1. The second-order valence-electron chi connectivity index (χ2n) is 9.65. The van der Waals surface area contributed by atoms with Crippen LogP contribution in [0.3, 0.4) is 0 Å². The molecule has 0 unspecified atom stereocenters. The van der Waals surface area contributed by atoms with Crippen molar-refractivity contribution in [3.8, 4) is 28.2 Å². The Bertz CT molecular complexity index is 1220. The van der Waals surface area contributed by atoms with Crippen molar-refractivity contribution in [2.45, 2.75) is 33.3 Å². The van der Waals surface area contributed by atoms with Crippen LogP contribution in [0.2, 0.25) is 0 Å². The third-order valence-corrected chi connectivity index (χ3v) is 5.75. The Morgan fingerprint density at radius 1 is 1.00 bits per heavy atom. The summed E-state index contributed by atoms with van der Waals surface area (Å²) in [6.45, 7) is 9.42. The summed E-state index contributed by atoms with van der Waals surface area (Å²) in [5.74, 6) is 1.85. The van der Waals surface area contributed by atoms with E-state index >= 15 is 0 Å². The Hall–Kier alpha value is -4.01. The van der Waals surface area contributed by atoms with Gasteiger partial charge in [-0.25, -0.2) is 4.79 Å². The van der Waals surface area contributed by atoms with Gasteiger partial charge in [0.1, 0.15) is 11.4 Å². The standard InChI is InChI=1S/C27H32N4O5/c1-18(32)28-20-11-9-19(10-12-20)21-7-6-8-22(25(21)34-5)23-17-24(29-36-23)30-13-15-31(16-14-30)26(33)35-27(2,3)4/h6-12,17H,13-16H2,1-5H3,(H,28,32). The number of carbonyl (C=O) groups is 2. The molecule has 0 atom stereocenters. The largest absolute Gasteiger partial charge is 0.495 e. The molecule has 1 aliphatic heterocycles. The number of nitrogens with zero attached hydrogens (tertiary/aromatic N) is 3. The predicted molar refractivity (Wildman–Crippen MR) is 138 cm³/mol. The lowest BCUT2D eigenvalue weighted by Crippen LogP contribution is -2.50. The van der Waals surface area contributed by atoms with Crippen LogP contribution in [-0.4, -0.2) is 60.9 Å². The Morgan fingerprint density at radius 2 is 1.67 bits per heavy atom. The third kappa shape index (κ3) is 5.79. The normalized spacial score (nSPS) is 13.9. The molecule has 9 heteroatoms. The number of ether oxygens (including phenoxy) is 2. The van der Waals surface area contributed by atoms with Crippen LogP contribution in [0.5, 0.6) is 5.75 Å². The van der Waals surface area contributed by atoms with Crippen LogP contribution in [0, 0.1) is 0 Å². The van der Waals surface area contributed by atoms with Crippen molar-refractivity contribution in [3.63, 3.8) is 0 Å². The molecule has 3 aromatic rings. The molecule has 9 nitrogen and oxygen atoms in total. The van der Waals surface area contributed by atoms with Crippen molar-refractivity contribution in [2.75, 3.05) is 43.5 Å². The molecule has 0 bridgehead atoms. The molecule has 190 valence electrons. The summed E-state index contributed by atoms with van der Waals surface area (Å²) >= 11 is 0. The van der Waals surface area contributed by atoms with Gasteiger partial charge in [-0.2, -0.15) is 0 Å². The SMILES string of the molecule is COc1c(-c2ccc(NC(C)=O)cc2)cccc1-c1cc(N2CCN(C(=O)OC(C)(C)C)CC2)no1. The maximum atomic E-state index is 12.3. The van der Waals surface area contributed by atoms with Crippen LogP contribution >= 0.6 is 0 Å². The summed E-state index contributed by atoms with van der Waals surface area (Å²) in [5, 5.41) is 7.06. The Morgan fingerprint density at radius 3 is 2.28 bits per heavy atom. The zero-order valence-corrected chi connectivity index (χ0v) is 21.3. The summed E-state index contributed by atoms with van der Waals surface area (Å²) in [4.78, 5) is 27.5. The lowest BCUT2D eigenvalue weighted by Gasteiger charge is -2.35. The van der Waals surface area contributed by atoms with Crippen molar-refractivity contribution in [2.24, 2.45) is 0 Å². The van der Waals surface area contributed by atoms with Gasteiger partial charge in [0.25, 0.3) is 0 Å². The van der Waals surface area contributed by atoms with Gasteiger partial charge in [-0.15, -0.1) is 0 Å². The first-order valence-corrected chi connectivity index (χ1v) is 11.9. The summed E-state index contributed by atoms with van der Waals surface area (Å²) in [6, 6.07) is 15.3. The molecule has 0 radical (unpaired) electrons. The maximum absolute atomic E-state index is 12.3. The molecule has 1 saturated heterocycles. The van der Waals surface area contributed by atoms with Crippen LogP contribution < -0.4 is 15.0 Å². The van der Waals surface area contributed by atoms with Gasteiger partial charge < -0.3 is 29.1 Å². The van der Waals surface area contributed by atoms with Gasteiger partial charge in [-0.3, -0.25) is 4.79 Å². The number of anilines is 2. The van der Waals surface area contributed by atoms with Crippen molar-refractivity contribution in [1.29, 1.82) is 0 Å². The monoisotopic (exact) mass is 492 g/mol. The number of benzene rings is 2. The molecule has 2 aromatic carbocycles. The van der Waals surface area contributed by atoms with E-state index in [-0.39, 0.29) is 12.0 Å². The van der Waals surface area contributed by atoms with Crippen LogP contribution in [0.15, 0.2) is 53.1 Å². The summed E-state index contributed by atoms with van der Waals surface area (Å²) in [6.07, 6.45) is -0.297. The number of hydrogen-bond acceptors (Lipinski definition) is 7. The molecule has 36 heavy (non-hydrogen) atoms. The quantitative estimate of drug-likeness (QED) is 0.533. The molecule has 1 aromatic heterocycles. The molecule has 2 amide bonds. The molecule has 0 aliphatic carbocycles. The number of piperazine rings is 1. The first kappa shape index (κ1) is 25.1. The van der Waals surface area contributed by atoms with E-state index in [1.54, 1.807) is 12.0 Å². The van der Waals surface area contributed by atoms with Gasteiger partial charge in [0, 0.05) is 50.4 Å². The minimum atomic E-state index is -0.518. The Kier molecular flexibility index (Phi) is 7.19. The Balaban J connectivity index is 1.50. The highest BCUT2D eigenvalue weighted by Gasteiger charge is 2.27. The molecule has 1 fully saturated rings. The van der Waals surface area contributed by atoms with Crippen LogP contribution in [0.4, 0.5) is 16.3 Å². The number of nitrogens with one attached hydrogen (secondary N) is 1. The zero-order chi connectivity index (χ0) is 25.9. The summed E-state index contributed by atoms with van der Waals surface area (Å²) in [5.41, 5.74) is 2.84. The predicted octanol–water partition coefficient (Wildman–Crippen LogP) is 5.03. The van der Waals surface area contributed by atoms with E-state index < -0.39 is 5.60 Å². The number of para-hydroxylation sites is 1. The molecular weight excluding hydrogens is 460 g/mol. The van der Waals surface area contributed by atoms with E-state index in [4.69, 9.17) is 14.0 Å². The fourth-order valence-electron chi connectivity index (χ4n) is 4.10. The van der Waals surface area contributed by atoms with Gasteiger partial charge in [0.2, 0.25) is 5.91 Å². The average molecular weight is 493 g/mol. The average Bonchev–Trinajstić information content (AvgIpc) is 3.33. The maximum Gasteiger partial charge on any atom is 0.410 e. The van der Waals surface area contributed by atoms with Crippen molar-refractivity contribution < 1.29 is 23.6 Å². The van der Waals surface area contributed by atoms with Crippen molar-refractivity contribution >= 4 is 23.5 Å². The zero-order valence-electron chi connectivity index (χ0n) is 21.3. The minimum Gasteiger partial charge on any atom is -0.495 e. The molecule has 4 rings (SSSR count). The van der Waals surface area contributed by atoms with Crippen LogP contribution in [0.25, 0.3) is 22.5 Å². The molecule has 0 saturated carbocycles. The van der Waals surface area contributed by atoms with Crippen molar-refractivity contribution in [3.05, 3.63) is 48.5 Å². The number of rotatable bonds is 5. The first-order valence-electron chi connectivity index (χ1n) is 11.9. The van der Waals surface area contributed by atoms with E-state index in [0.29, 0.717) is 43.5 Å². The summed E-state index contributed by atoms with van der Waals surface area (Å²) in [7, 11) is 1.63. The van der Waals surface area contributed by atoms with Gasteiger partial charge in [0.05, 0.1) is 12.7 Å².